The normalized spacial score (nSPS) is 10.5. The molecule has 116 valence electrons. The molecule has 0 aliphatic heterocycles. The van der Waals surface area contributed by atoms with Crippen molar-refractivity contribution in [1.29, 1.82) is 0 Å². The Morgan fingerprint density at radius 2 is 1.68 bits per heavy atom. The molecule has 0 radical (unpaired) electrons. The Bertz CT molecular complexity index is 638. The molecule has 0 saturated carbocycles. The highest BCUT2D eigenvalue weighted by atomic mass is 16.3. The van der Waals surface area contributed by atoms with Gasteiger partial charge in [0.15, 0.2) is 0 Å². The molecular formula is C20H24O2. The fraction of sp³-hybridized carbons (Fsp3) is 0.300. The highest BCUT2D eigenvalue weighted by molar-refractivity contribution is 5.44. The van der Waals surface area contributed by atoms with Gasteiger partial charge in [-0.2, -0.15) is 0 Å². The molecule has 0 aromatic heterocycles. The van der Waals surface area contributed by atoms with Gasteiger partial charge in [-0.1, -0.05) is 48.0 Å². The van der Waals surface area contributed by atoms with E-state index in [0.717, 1.165) is 29.5 Å². The molecule has 0 bridgehead atoms. The molecule has 2 N–H and O–H groups in total. The van der Waals surface area contributed by atoms with E-state index in [-0.39, 0.29) is 12.4 Å². The van der Waals surface area contributed by atoms with Gasteiger partial charge in [-0.15, -0.1) is 0 Å². The average molecular weight is 296 g/mol. The van der Waals surface area contributed by atoms with E-state index in [2.05, 4.69) is 18.2 Å². The first kappa shape index (κ1) is 16.3. The topological polar surface area (TPSA) is 40.5 Å². The van der Waals surface area contributed by atoms with Crippen LogP contribution in [0.3, 0.4) is 0 Å². The third-order valence-corrected chi connectivity index (χ3v) is 3.81. The average Bonchev–Trinajstić information content (AvgIpc) is 2.52. The van der Waals surface area contributed by atoms with Crippen LogP contribution in [0.5, 0.6) is 5.75 Å². The van der Waals surface area contributed by atoms with Crippen LogP contribution in [0.4, 0.5) is 0 Å². The van der Waals surface area contributed by atoms with Gasteiger partial charge < -0.3 is 10.2 Å². The van der Waals surface area contributed by atoms with Gasteiger partial charge in [0.2, 0.25) is 0 Å². The van der Waals surface area contributed by atoms with Crippen LogP contribution in [-0.2, 0) is 25.9 Å². The Hall–Kier alpha value is -2.06. The van der Waals surface area contributed by atoms with Crippen molar-refractivity contribution in [3.8, 4) is 5.75 Å². The van der Waals surface area contributed by atoms with Crippen molar-refractivity contribution in [1.82, 2.24) is 0 Å². The minimum atomic E-state index is -0.0430. The van der Waals surface area contributed by atoms with Crippen LogP contribution in [0, 0.1) is 0 Å². The molecule has 22 heavy (non-hydrogen) atoms. The first-order valence-electron chi connectivity index (χ1n) is 7.72. The lowest BCUT2D eigenvalue weighted by molar-refractivity contribution is 0.279. The van der Waals surface area contributed by atoms with Crippen molar-refractivity contribution in [2.75, 3.05) is 0 Å². The second kappa shape index (κ2) is 7.81. The van der Waals surface area contributed by atoms with Crippen molar-refractivity contribution in [3.05, 3.63) is 76.4 Å². The molecule has 0 unspecified atom stereocenters. The van der Waals surface area contributed by atoms with E-state index in [4.69, 9.17) is 0 Å². The van der Waals surface area contributed by atoms with Crippen LogP contribution in [0.15, 0.2) is 54.1 Å². The molecule has 2 heteroatoms. The van der Waals surface area contributed by atoms with E-state index in [1.54, 1.807) is 0 Å². The number of aliphatic hydroxyl groups excluding tert-OH is 1. The molecule has 0 aliphatic carbocycles. The Kier molecular flexibility index (Phi) is 5.79. The zero-order chi connectivity index (χ0) is 15.9. The second-order valence-corrected chi connectivity index (χ2v) is 5.88. The molecule has 0 aliphatic rings. The Morgan fingerprint density at radius 1 is 1.00 bits per heavy atom. The number of phenolic OH excluding ortho intramolecular Hbond substituents is 1. The van der Waals surface area contributed by atoms with Gasteiger partial charge in [-0.3, -0.25) is 0 Å². The third kappa shape index (κ3) is 4.47. The third-order valence-electron chi connectivity index (χ3n) is 3.81. The fourth-order valence-electron chi connectivity index (χ4n) is 2.54. The maximum absolute atomic E-state index is 10.3. The Morgan fingerprint density at radius 3 is 2.32 bits per heavy atom. The number of phenols is 1. The number of aliphatic hydroxyl groups is 1. The molecule has 0 saturated heterocycles. The SMILES string of the molecule is CC(C)=CCc1c(O)cc(CCc2ccccc2)cc1CO. The number of hydrogen-bond donors (Lipinski definition) is 2. The molecule has 0 heterocycles. The zero-order valence-electron chi connectivity index (χ0n) is 13.3. The van der Waals surface area contributed by atoms with E-state index in [9.17, 15) is 10.2 Å². The van der Waals surface area contributed by atoms with E-state index in [1.165, 1.54) is 11.1 Å². The lowest BCUT2D eigenvalue weighted by atomic mass is 9.96. The summed E-state index contributed by atoms with van der Waals surface area (Å²) in [5.74, 6) is 0.284. The van der Waals surface area contributed by atoms with Crippen molar-refractivity contribution in [2.24, 2.45) is 0 Å². The molecule has 0 fully saturated rings. The summed E-state index contributed by atoms with van der Waals surface area (Å²) in [5.41, 5.74) is 5.19. The summed E-state index contributed by atoms with van der Waals surface area (Å²) < 4.78 is 0. The van der Waals surface area contributed by atoms with Gasteiger partial charge in [-0.05, 0) is 55.9 Å². The maximum atomic E-state index is 10.3. The summed E-state index contributed by atoms with van der Waals surface area (Å²) in [5, 5.41) is 19.9. The number of aromatic hydroxyl groups is 1. The van der Waals surface area contributed by atoms with Crippen LogP contribution in [0.1, 0.15) is 36.1 Å². The number of hydrogen-bond acceptors (Lipinski definition) is 2. The number of allylic oxidation sites excluding steroid dienone is 2. The van der Waals surface area contributed by atoms with Crippen LogP contribution in [0.25, 0.3) is 0 Å². The molecule has 0 spiro atoms. The predicted molar refractivity (Wildman–Crippen MR) is 91.0 cm³/mol. The van der Waals surface area contributed by atoms with Crippen LogP contribution < -0.4 is 0 Å². The molecule has 2 nitrogen and oxygen atoms in total. The molecule has 2 aromatic rings. The molecular weight excluding hydrogens is 272 g/mol. The number of aryl methyl sites for hydroxylation is 2. The van der Waals surface area contributed by atoms with Crippen molar-refractivity contribution in [3.63, 3.8) is 0 Å². The van der Waals surface area contributed by atoms with E-state index in [0.29, 0.717) is 6.42 Å². The van der Waals surface area contributed by atoms with Crippen molar-refractivity contribution in [2.45, 2.75) is 39.7 Å². The second-order valence-electron chi connectivity index (χ2n) is 5.88. The van der Waals surface area contributed by atoms with Crippen LogP contribution in [0.2, 0.25) is 0 Å². The Labute approximate surface area is 132 Å². The van der Waals surface area contributed by atoms with E-state index in [1.807, 2.05) is 44.2 Å². The van der Waals surface area contributed by atoms with E-state index >= 15 is 0 Å². The molecule has 0 amide bonds. The highest BCUT2D eigenvalue weighted by Gasteiger charge is 2.09. The minimum absolute atomic E-state index is 0.0430. The maximum Gasteiger partial charge on any atom is 0.119 e. The smallest absolute Gasteiger partial charge is 0.119 e. The molecule has 2 aromatic carbocycles. The summed E-state index contributed by atoms with van der Waals surface area (Å²) in [4.78, 5) is 0. The number of benzene rings is 2. The molecule has 0 atom stereocenters. The quantitative estimate of drug-likeness (QED) is 0.785. The summed E-state index contributed by atoms with van der Waals surface area (Å²) in [6.07, 6.45) is 4.51. The van der Waals surface area contributed by atoms with Gasteiger partial charge in [-0.25, -0.2) is 0 Å². The summed E-state index contributed by atoms with van der Waals surface area (Å²) in [6.45, 7) is 4.02. The zero-order valence-corrected chi connectivity index (χ0v) is 13.3. The Balaban J connectivity index is 2.16. The standard InChI is InChI=1S/C20H24O2/c1-15(2)8-11-19-18(14-21)12-17(13-20(19)22)10-9-16-6-4-3-5-7-16/h3-8,12-13,21-22H,9-11,14H2,1-2H3. The first-order valence-corrected chi connectivity index (χ1v) is 7.72. The lowest BCUT2D eigenvalue weighted by Crippen LogP contribution is -1.99. The molecule has 2 rings (SSSR count). The van der Waals surface area contributed by atoms with Crippen molar-refractivity contribution < 1.29 is 10.2 Å². The van der Waals surface area contributed by atoms with Gasteiger partial charge in [0, 0.05) is 5.56 Å². The van der Waals surface area contributed by atoms with Crippen LogP contribution in [-0.4, -0.2) is 10.2 Å². The summed E-state index contributed by atoms with van der Waals surface area (Å²) in [6, 6.07) is 14.1. The van der Waals surface area contributed by atoms with Gasteiger partial charge in [0.1, 0.15) is 5.75 Å². The predicted octanol–water partition coefficient (Wildman–Crippen LogP) is 4.18. The summed E-state index contributed by atoms with van der Waals surface area (Å²) in [7, 11) is 0. The fourth-order valence-corrected chi connectivity index (χ4v) is 2.54. The summed E-state index contributed by atoms with van der Waals surface area (Å²) >= 11 is 0. The van der Waals surface area contributed by atoms with Gasteiger partial charge in [0.25, 0.3) is 0 Å². The van der Waals surface area contributed by atoms with Crippen LogP contribution >= 0.6 is 0 Å². The minimum Gasteiger partial charge on any atom is -0.508 e. The van der Waals surface area contributed by atoms with Gasteiger partial charge >= 0.3 is 0 Å². The first-order chi connectivity index (χ1) is 10.6. The highest BCUT2D eigenvalue weighted by Crippen LogP contribution is 2.26. The van der Waals surface area contributed by atoms with Gasteiger partial charge in [0.05, 0.1) is 6.61 Å². The number of rotatable bonds is 6. The lowest BCUT2D eigenvalue weighted by Gasteiger charge is -2.12. The van der Waals surface area contributed by atoms with E-state index < -0.39 is 0 Å². The van der Waals surface area contributed by atoms with Crippen molar-refractivity contribution >= 4 is 0 Å². The largest absolute Gasteiger partial charge is 0.508 e. The monoisotopic (exact) mass is 296 g/mol.